The largest absolute Gasteiger partial charge is 0.279 e. The highest BCUT2D eigenvalue weighted by molar-refractivity contribution is 7.92. The first kappa shape index (κ1) is 10.7. The molecule has 0 saturated carbocycles. The van der Waals surface area contributed by atoms with E-state index in [0.29, 0.717) is 5.69 Å². The third kappa shape index (κ3) is 2.06. The molecule has 0 radical (unpaired) electrons. The zero-order chi connectivity index (χ0) is 11.6. The SMILES string of the molecule is Cn1nccc1S(=O)(=O)Nc1ccccc1. The molecule has 0 unspecified atom stereocenters. The maximum atomic E-state index is 11.9. The molecule has 0 atom stereocenters. The van der Waals surface area contributed by atoms with E-state index in [1.807, 2.05) is 6.07 Å². The van der Waals surface area contributed by atoms with Gasteiger partial charge in [0.1, 0.15) is 0 Å². The van der Waals surface area contributed by atoms with Crippen molar-refractivity contribution in [1.82, 2.24) is 9.78 Å². The maximum absolute atomic E-state index is 11.9. The fourth-order valence-corrected chi connectivity index (χ4v) is 2.52. The molecule has 0 aliphatic rings. The van der Waals surface area contributed by atoms with Gasteiger partial charge in [-0.2, -0.15) is 13.5 Å². The third-order valence-electron chi connectivity index (χ3n) is 2.08. The quantitative estimate of drug-likeness (QED) is 0.873. The van der Waals surface area contributed by atoms with E-state index in [-0.39, 0.29) is 5.03 Å². The van der Waals surface area contributed by atoms with Gasteiger partial charge in [0.05, 0.1) is 6.20 Å². The second-order valence-corrected chi connectivity index (χ2v) is 4.89. The number of nitrogens with one attached hydrogen (secondary N) is 1. The van der Waals surface area contributed by atoms with Crippen LogP contribution in [-0.4, -0.2) is 18.2 Å². The minimum Gasteiger partial charge on any atom is -0.278 e. The monoisotopic (exact) mass is 237 g/mol. The molecule has 84 valence electrons. The molecule has 2 rings (SSSR count). The zero-order valence-corrected chi connectivity index (χ0v) is 9.48. The summed E-state index contributed by atoms with van der Waals surface area (Å²) in [6, 6.07) is 10.2. The molecule has 2 aromatic rings. The predicted octanol–water partition coefficient (Wildman–Crippen LogP) is 1.22. The van der Waals surface area contributed by atoms with Crippen LogP contribution >= 0.6 is 0 Å². The van der Waals surface area contributed by atoms with Crippen LogP contribution in [0.1, 0.15) is 0 Å². The Morgan fingerprint density at radius 1 is 1.19 bits per heavy atom. The van der Waals surface area contributed by atoms with Crippen molar-refractivity contribution in [1.29, 1.82) is 0 Å². The summed E-state index contributed by atoms with van der Waals surface area (Å²) in [5, 5.41) is 3.96. The van der Waals surface area contributed by atoms with Crippen molar-refractivity contribution in [3.63, 3.8) is 0 Å². The summed E-state index contributed by atoms with van der Waals surface area (Å²) < 4.78 is 27.6. The molecule has 1 aromatic carbocycles. The molecule has 0 fully saturated rings. The van der Waals surface area contributed by atoms with E-state index >= 15 is 0 Å². The number of benzene rings is 1. The second kappa shape index (κ2) is 3.97. The van der Waals surface area contributed by atoms with Gasteiger partial charge < -0.3 is 0 Å². The van der Waals surface area contributed by atoms with Crippen molar-refractivity contribution in [2.45, 2.75) is 5.03 Å². The summed E-state index contributed by atoms with van der Waals surface area (Å²) in [4.78, 5) is 0. The van der Waals surface area contributed by atoms with E-state index in [1.54, 1.807) is 31.3 Å². The molecule has 0 spiro atoms. The Morgan fingerprint density at radius 2 is 1.88 bits per heavy atom. The average Bonchev–Trinajstić information content (AvgIpc) is 2.66. The number of anilines is 1. The minimum atomic E-state index is -3.55. The van der Waals surface area contributed by atoms with Crippen LogP contribution in [0.15, 0.2) is 47.6 Å². The van der Waals surface area contributed by atoms with Gasteiger partial charge in [-0.1, -0.05) is 18.2 Å². The van der Waals surface area contributed by atoms with Crippen LogP contribution in [0.3, 0.4) is 0 Å². The number of aromatic nitrogens is 2. The Bertz CT molecular complexity index is 575. The average molecular weight is 237 g/mol. The van der Waals surface area contributed by atoms with Crippen molar-refractivity contribution in [2.75, 3.05) is 4.72 Å². The summed E-state index contributed by atoms with van der Waals surface area (Å²) in [5.41, 5.74) is 0.531. The zero-order valence-electron chi connectivity index (χ0n) is 8.66. The van der Waals surface area contributed by atoms with Crippen LogP contribution < -0.4 is 4.72 Å². The molecule has 0 bridgehead atoms. The summed E-state index contributed by atoms with van der Waals surface area (Å²) in [7, 11) is -1.97. The first-order valence-corrected chi connectivity index (χ1v) is 6.14. The highest BCUT2D eigenvalue weighted by atomic mass is 32.2. The summed E-state index contributed by atoms with van der Waals surface area (Å²) in [6.07, 6.45) is 1.44. The lowest BCUT2D eigenvalue weighted by Gasteiger charge is -2.07. The molecule has 1 N–H and O–H groups in total. The van der Waals surface area contributed by atoms with Crippen molar-refractivity contribution < 1.29 is 8.42 Å². The van der Waals surface area contributed by atoms with Gasteiger partial charge in [-0.05, 0) is 18.2 Å². The smallest absolute Gasteiger partial charge is 0.278 e. The molecule has 1 heterocycles. The van der Waals surface area contributed by atoms with E-state index < -0.39 is 10.0 Å². The van der Waals surface area contributed by atoms with Gasteiger partial charge in [0.15, 0.2) is 5.03 Å². The lowest BCUT2D eigenvalue weighted by Crippen LogP contribution is -2.16. The fourth-order valence-electron chi connectivity index (χ4n) is 1.34. The normalized spacial score (nSPS) is 11.3. The van der Waals surface area contributed by atoms with Gasteiger partial charge in [0.25, 0.3) is 10.0 Å². The Hall–Kier alpha value is -1.82. The highest BCUT2D eigenvalue weighted by Gasteiger charge is 2.17. The van der Waals surface area contributed by atoms with Gasteiger partial charge in [-0.15, -0.1) is 0 Å². The molecular formula is C10H11N3O2S. The van der Waals surface area contributed by atoms with Crippen LogP contribution in [0, 0.1) is 0 Å². The lowest BCUT2D eigenvalue weighted by atomic mass is 10.3. The van der Waals surface area contributed by atoms with E-state index in [2.05, 4.69) is 9.82 Å². The van der Waals surface area contributed by atoms with Gasteiger partial charge in [0, 0.05) is 12.7 Å². The molecule has 0 aliphatic carbocycles. The molecule has 6 heteroatoms. The Morgan fingerprint density at radius 3 is 2.44 bits per heavy atom. The standard InChI is InChI=1S/C10H11N3O2S/c1-13-10(7-8-11-13)16(14,15)12-9-5-3-2-4-6-9/h2-8,12H,1H3. The molecular weight excluding hydrogens is 226 g/mol. The van der Waals surface area contributed by atoms with Crippen molar-refractivity contribution >= 4 is 15.7 Å². The van der Waals surface area contributed by atoms with Crippen LogP contribution in [0.2, 0.25) is 0 Å². The number of sulfonamides is 1. The highest BCUT2D eigenvalue weighted by Crippen LogP contribution is 2.14. The topological polar surface area (TPSA) is 64.0 Å². The Balaban J connectivity index is 2.32. The van der Waals surface area contributed by atoms with Gasteiger partial charge in [0.2, 0.25) is 0 Å². The molecule has 0 saturated heterocycles. The maximum Gasteiger partial charge on any atom is 0.279 e. The van der Waals surface area contributed by atoms with Crippen molar-refractivity contribution in [3.8, 4) is 0 Å². The lowest BCUT2D eigenvalue weighted by molar-refractivity contribution is 0.582. The fraction of sp³-hybridized carbons (Fsp3) is 0.100. The van der Waals surface area contributed by atoms with Crippen molar-refractivity contribution in [2.24, 2.45) is 7.05 Å². The number of aryl methyl sites for hydroxylation is 1. The van der Waals surface area contributed by atoms with Crippen LogP contribution in [-0.2, 0) is 17.1 Å². The second-order valence-electron chi connectivity index (χ2n) is 3.26. The van der Waals surface area contributed by atoms with Gasteiger partial charge in [-0.3, -0.25) is 9.40 Å². The predicted molar refractivity (Wildman–Crippen MR) is 60.5 cm³/mol. The van der Waals surface area contributed by atoms with E-state index in [9.17, 15) is 8.42 Å². The summed E-state index contributed by atoms with van der Waals surface area (Å²) in [5.74, 6) is 0. The van der Waals surface area contributed by atoms with Gasteiger partial charge >= 0.3 is 0 Å². The Kier molecular flexibility index (Phi) is 2.66. The number of hydrogen-bond acceptors (Lipinski definition) is 3. The van der Waals surface area contributed by atoms with E-state index in [1.165, 1.54) is 16.9 Å². The molecule has 1 aromatic heterocycles. The van der Waals surface area contributed by atoms with E-state index in [4.69, 9.17) is 0 Å². The number of rotatable bonds is 3. The van der Waals surface area contributed by atoms with Crippen molar-refractivity contribution in [3.05, 3.63) is 42.6 Å². The number of nitrogens with zero attached hydrogens (tertiary/aromatic N) is 2. The third-order valence-corrected chi connectivity index (χ3v) is 3.53. The molecule has 0 aliphatic heterocycles. The first-order valence-electron chi connectivity index (χ1n) is 4.65. The minimum absolute atomic E-state index is 0.136. The molecule has 5 nitrogen and oxygen atoms in total. The Labute approximate surface area is 93.8 Å². The molecule has 0 amide bonds. The van der Waals surface area contributed by atoms with Gasteiger partial charge in [-0.25, -0.2) is 0 Å². The van der Waals surface area contributed by atoms with Crippen LogP contribution in [0.4, 0.5) is 5.69 Å². The summed E-state index contributed by atoms with van der Waals surface area (Å²) >= 11 is 0. The van der Waals surface area contributed by atoms with E-state index in [0.717, 1.165) is 0 Å². The summed E-state index contributed by atoms with van der Waals surface area (Å²) in [6.45, 7) is 0. The van der Waals surface area contributed by atoms with Crippen LogP contribution in [0.25, 0.3) is 0 Å². The first-order chi connectivity index (χ1) is 7.59. The number of hydrogen-bond donors (Lipinski definition) is 1. The number of para-hydroxylation sites is 1. The molecule has 16 heavy (non-hydrogen) atoms. The van der Waals surface area contributed by atoms with Crippen LogP contribution in [0.5, 0.6) is 0 Å².